The molecule has 4 aliphatic carbocycles. The SMILES string of the molecule is COC(=O)C[C@@H](C)[C@H]1CCC2C3CC=C4C[C@@H](OC(C)=O)CC[C@]4(C)C3CC[C@@]21C. The van der Waals surface area contributed by atoms with Crippen molar-refractivity contribution in [3.63, 3.8) is 0 Å². The number of rotatable bonds is 4. The summed E-state index contributed by atoms with van der Waals surface area (Å²) in [5, 5.41) is 0. The van der Waals surface area contributed by atoms with E-state index in [9.17, 15) is 9.59 Å². The maximum absolute atomic E-state index is 11.9. The number of fused-ring (bicyclic) bond motifs is 5. The first kappa shape index (κ1) is 21.9. The molecular weight excluding hydrogens is 376 g/mol. The summed E-state index contributed by atoms with van der Waals surface area (Å²) in [6.07, 6.45) is 12.5. The molecule has 0 aromatic heterocycles. The fourth-order valence-corrected chi connectivity index (χ4v) is 8.43. The van der Waals surface area contributed by atoms with Gasteiger partial charge in [-0.2, -0.15) is 0 Å². The molecule has 0 radical (unpaired) electrons. The largest absolute Gasteiger partial charge is 0.469 e. The molecule has 0 spiro atoms. The van der Waals surface area contributed by atoms with E-state index in [4.69, 9.17) is 9.47 Å². The van der Waals surface area contributed by atoms with E-state index >= 15 is 0 Å². The Morgan fingerprint density at radius 2 is 1.90 bits per heavy atom. The van der Waals surface area contributed by atoms with Crippen molar-refractivity contribution in [3.8, 4) is 0 Å². The summed E-state index contributed by atoms with van der Waals surface area (Å²) in [5.41, 5.74) is 2.18. The minimum absolute atomic E-state index is 0.0643. The molecule has 8 atom stereocenters. The molecule has 3 fully saturated rings. The second kappa shape index (κ2) is 7.98. The number of allylic oxidation sites excluding steroid dienone is 1. The van der Waals surface area contributed by atoms with Crippen LogP contribution in [0.2, 0.25) is 0 Å². The average Bonchev–Trinajstić information content (AvgIpc) is 3.05. The van der Waals surface area contributed by atoms with Gasteiger partial charge in [0, 0.05) is 19.8 Å². The maximum atomic E-state index is 11.9. The second-order valence-corrected chi connectivity index (χ2v) is 11.2. The van der Waals surface area contributed by atoms with Crippen LogP contribution in [0.1, 0.15) is 85.5 Å². The first-order valence-corrected chi connectivity index (χ1v) is 12.1. The van der Waals surface area contributed by atoms with Crippen molar-refractivity contribution in [3.05, 3.63) is 11.6 Å². The summed E-state index contributed by atoms with van der Waals surface area (Å²) >= 11 is 0. The topological polar surface area (TPSA) is 52.6 Å². The van der Waals surface area contributed by atoms with Crippen LogP contribution in [0.5, 0.6) is 0 Å². The molecule has 3 unspecified atom stereocenters. The Morgan fingerprint density at radius 3 is 2.60 bits per heavy atom. The van der Waals surface area contributed by atoms with Crippen LogP contribution in [-0.4, -0.2) is 25.2 Å². The summed E-state index contributed by atoms with van der Waals surface area (Å²) in [5.74, 6) is 3.09. The van der Waals surface area contributed by atoms with Gasteiger partial charge in [-0.3, -0.25) is 9.59 Å². The van der Waals surface area contributed by atoms with Gasteiger partial charge in [-0.05, 0) is 85.4 Å². The van der Waals surface area contributed by atoms with E-state index in [1.165, 1.54) is 46.1 Å². The lowest BCUT2D eigenvalue weighted by Gasteiger charge is -2.58. The van der Waals surface area contributed by atoms with Crippen LogP contribution in [0.25, 0.3) is 0 Å². The fourth-order valence-electron chi connectivity index (χ4n) is 8.43. The van der Waals surface area contributed by atoms with Gasteiger partial charge in [-0.1, -0.05) is 32.4 Å². The molecule has 0 N–H and O–H groups in total. The van der Waals surface area contributed by atoms with E-state index in [1.54, 1.807) is 5.57 Å². The first-order valence-electron chi connectivity index (χ1n) is 12.1. The van der Waals surface area contributed by atoms with Gasteiger partial charge >= 0.3 is 11.9 Å². The van der Waals surface area contributed by atoms with Gasteiger partial charge in [0.2, 0.25) is 0 Å². The van der Waals surface area contributed by atoms with E-state index in [2.05, 4.69) is 26.8 Å². The second-order valence-electron chi connectivity index (χ2n) is 11.2. The van der Waals surface area contributed by atoms with E-state index in [-0.39, 0.29) is 23.5 Å². The van der Waals surface area contributed by atoms with Crippen molar-refractivity contribution >= 4 is 11.9 Å². The summed E-state index contributed by atoms with van der Waals surface area (Å²) in [4.78, 5) is 23.3. The molecular formula is C26H40O4. The van der Waals surface area contributed by atoms with Gasteiger partial charge in [0.25, 0.3) is 0 Å². The van der Waals surface area contributed by atoms with Gasteiger partial charge < -0.3 is 9.47 Å². The minimum atomic E-state index is -0.149. The minimum Gasteiger partial charge on any atom is -0.469 e. The normalized spacial score (nSPS) is 43.5. The number of ether oxygens (including phenoxy) is 2. The molecule has 0 aliphatic heterocycles. The quantitative estimate of drug-likeness (QED) is 0.436. The number of hydrogen-bond acceptors (Lipinski definition) is 4. The number of carbonyl (C=O) groups excluding carboxylic acids is 2. The maximum Gasteiger partial charge on any atom is 0.305 e. The van der Waals surface area contributed by atoms with Gasteiger partial charge in [0.15, 0.2) is 0 Å². The molecule has 4 nitrogen and oxygen atoms in total. The Hall–Kier alpha value is -1.32. The van der Waals surface area contributed by atoms with Crippen molar-refractivity contribution in [1.29, 1.82) is 0 Å². The molecule has 0 bridgehead atoms. The first-order chi connectivity index (χ1) is 14.2. The Kier molecular flexibility index (Phi) is 5.83. The Balaban J connectivity index is 1.52. The van der Waals surface area contributed by atoms with Gasteiger partial charge in [0.1, 0.15) is 6.10 Å². The molecule has 0 amide bonds. The molecule has 0 saturated heterocycles. The third kappa shape index (κ3) is 3.52. The summed E-state index contributed by atoms with van der Waals surface area (Å²) in [6.45, 7) is 8.81. The van der Waals surface area contributed by atoms with Crippen molar-refractivity contribution in [2.45, 2.75) is 91.6 Å². The zero-order valence-electron chi connectivity index (χ0n) is 19.5. The Morgan fingerprint density at radius 1 is 1.13 bits per heavy atom. The van der Waals surface area contributed by atoms with E-state index in [0.717, 1.165) is 37.0 Å². The summed E-state index contributed by atoms with van der Waals surface area (Å²) in [6, 6.07) is 0. The molecule has 168 valence electrons. The number of hydrogen-bond donors (Lipinski definition) is 0. The monoisotopic (exact) mass is 416 g/mol. The zero-order valence-corrected chi connectivity index (χ0v) is 19.5. The Labute approximate surface area is 182 Å². The molecule has 3 saturated carbocycles. The highest BCUT2D eigenvalue weighted by molar-refractivity contribution is 5.69. The molecule has 30 heavy (non-hydrogen) atoms. The predicted molar refractivity (Wildman–Crippen MR) is 117 cm³/mol. The third-order valence-corrected chi connectivity index (χ3v) is 9.87. The summed E-state index contributed by atoms with van der Waals surface area (Å²) < 4.78 is 10.5. The molecule has 4 aliphatic rings. The van der Waals surface area contributed by atoms with Crippen LogP contribution in [-0.2, 0) is 19.1 Å². The highest BCUT2D eigenvalue weighted by Crippen LogP contribution is 2.67. The fraction of sp³-hybridized carbons (Fsp3) is 0.846. The van der Waals surface area contributed by atoms with E-state index in [1.807, 2.05) is 0 Å². The highest BCUT2D eigenvalue weighted by Gasteiger charge is 2.59. The molecule has 0 aromatic rings. The number of methoxy groups -OCH3 is 1. The van der Waals surface area contributed by atoms with Gasteiger partial charge in [0.05, 0.1) is 7.11 Å². The van der Waals surface area contributed by atoms with Crippen LogP contribution in [0.15, 0.2) is 11.6 Å². The third-order valence-electron chi connectivity index (χ3n) is 9.87. The van der Waals surface area contributed by atoms with Gasteiger partial charge in [-0.15, -0.1) is 0 Å². The molecule has 4 rings (SSSR count). The molecule has 0 aromatic carbocycles. The smallest absolute Gasteiger partial charge is 0.305 e. The predicted octanol–water partition coefficient (Wildman–Crippen LogP) is 5.70. The number of esters is 2. The highest BCUT2D eigenvalue weighted by atomic mass is 16.5. The average molecular weight is 417 g/mol. The van der Waals surface area contributed by atoms with Crippen LogP contribution >= 0.6 is 0 Å². The van der Waals surface area contributed by atoms with E-state index in [0.29, 0.717) is 23.7 Å². The summed E-state index contributed by atoms with van der Waals surface area (Å²) in [7, 11) is 1.50. The van der Waals surface area contributed by atoms with Crippen molar-refractivity contribution in [2.24, 2.45) is 40.4 Å². The van der Waals surface area contributed by atoms with Crippen molar-refractivity contribution < 1.29 is 19.1 Å². The van der Waals surface area contributed by atoms with E-state index < -0.39 is 0 Å². The van der Waals surface area contributed by atoms with Crippen LogP contribution in [0.3, 0.4) is 0 Å². The van der Waals surface area contributed by atoms with Gasteiger partial charge in [-0.25, -0.2) is 0 Å². The van der Waals surface area contributed by atoms with Crippen molar-refractivity contribution in [1.82, 2.24) is 0 Å². The lowest BCUT2D eigenvalue weighted by molar-refractivity contribution is -0.149. The number of carbonyl (C=O) groups is 2. The van der Waals surface area contributed by atoms with Crippen LogP contribution < -0.4 is 0 Å². The Bertz CT molecular complexity index is 727. The standard InChI is InChI=1S/C26H40O4/c1-16(14-24(28)29-5)21-8-9-22-20-7-6-18-15-19(30-17(2)27)10-12-25(18,3)23(20)11-13-26(21,22)4/h6,16,19-23H,7-15H2,1-5H3/t16-,19+,20?,21-,22?,23?,25+,26-/m1/s1. The zero-order chi connectivity index (χ0) is 21.7. The molecule has 4 heteroatoms. The lowest BCUT2D eigenvalue weighted by atomic mass is 9.47. The van der Waals surface area contributed by atoms with Crippen LogP contribution in [0.4, 0.5) is 0 Å². The lowest BCUT2D eigenvalue weighted by Crippen LogP contribution is -2.51. The van der Waals surface area contributed by atoms with Crippen molar-refractivity contribution in [2.75, 3.05) is 7.11 Å². The molecule has 0 heterocycles. The van der Waals surface area contributed by atoms with Crippen LogP contribution in [0, 0.1) is 40.4 Å².